The summed E-state index contributed by atoms with van der Waals surface area (Å²) in [5.74, 6) is 1.20. The molecule has 0 amide bonds. The first-order chi connectivity index (χ1) is 9.00. The van der Waals surface area contributed by atoms with Crippen LogP contribution in [0.25, 0.3) is 0 Å². The van der Waals surface area contributed by atoms with Crippen molar-refractivity contribution in [3.63, 3.8) is 0 Å². The van der Waals surface area contributed by atoms with Gasteiger partial charge in [-0.05, 0) is 24.3 Å². The van der Waals surface area contributed by atoms with E-state index in [2.05, 4.69) is 0 Å². The van der Waals surface area contributed by atoms with Crippen molar-refractivity contribution in [1.82, 2.24) is 0 Å². The molecule has 0 bridgehead atoms. The van der Waals surface area contributed by atoms with Crippen molar-refractivity contribution in [3.05, 3.63) is 24.3 Å². The van der Waals surface area contributed by atoms with E-state index in [0.29, 0.717) is 0 Å². The van der Waals surface area contributed by atoms with Crippen LogP contribution >= 0.6 is 24.0 Å². The molecule has 1 aromatic carbocycles. The summed E-state index contributed by atoms with van der Waals surface area (Å²) >= 11 is 6.87. The maximum Gasteiger partial charge on any atom is 0.153 e. The van der Waals surface area contributed by atoms with Gasteiger partial charge in [0.2, 0.25) is 0 Å². The van der Waals surface area contributed by atoms with Gasteiger partial charge in [0.15, 0.2) is 9.84 Å². The predicted molar refractivity (Wildman–Crippen MR) is 81.9 cm³/mol. The second-order valence-corrected chi connectivity index (χ2v) is 8.66. The van der Waals surface area contributed by atoms with Gasteiger partial charge in [-0.25, -0.2) is 8.42 Å². The summed E-state index contributed by atoms with van der Waals surface area (Å²) in [5.41, 5.74) is 0.933. The second kappa shape index (κ2) is 4.64. The van der Waals surface area contributed by atoms with Crippen LogP contribution in [0.15, 0.2) is 24.3 Å². The van der Waals surface area contributed by atoms with E-state index in [1.54, 1.807) is 7.11 Å². The lowest BCUT2D eigenvalue weighted by Gasteiger charge is -2.24. The van der Waals surface area contributed by atoms with Crippen LogP contribution in [0.4, 0.5) is 5.69 Å². The third kappa shape index (κ3) is 2.34. The number of hydrogen-bond donors (Lipinski definition) is 0. The number of sulfone groups is 1. The van der Waals surface area contributed by atoms with Gasteiger partial charge in [-0.3, -0.25) is 0 Å². The Balaban J connectivity index is 1.92. The number of thioether (sulfide) groups is 1. The van der Waals surface area contributed by atoms with Gasteiger partial charge >= 0.3 is 0 Å². The van der Waals surface area contributed by atoms with Crippen LogP contribution in [0.2, 0.25) is 0 Å². The molecule has 0 saturated carbocycles. The summed E-state index contributed by atoms with van der Waals surface area (Å²) in [6.45, 7) is 0. The van der Waals surface area contributed by atoms with Crippen LogP contribution < -0.4 is 9.64 Å². The Morgan fingerprint density at radius 2 is 2.00 bits per heavy atom. The van der Waals surface area contributed by atoms with Crippen molar-refractivity contribution < 1.29 is 13.2 Å². The molecule has 2 aliphatic rings. The summed E-state index contributed by atoms with van der Waals surface area (Å²) < 4.78 is 29.3. The molecule has 7 heteroatoms. The molecule has 0 aliphatic carbocycles. The molecule has 4 nitrogen and oxygen atoms in total. The molecule has 1 aromatic rings. The molecule has 2 unspecified atom stereocenters. The first-order valence-electron chi connectivity index (χ1n) is 5.84. The minimum absolute atomic E-state index is 0.0316. The molecule has 0 N–H and O–H groups in total. The van der Waals surface area contributed by atoms with Crippen molar-refractivity contribution in [2.75, 3.05) is 23.5 Å². The smallest absolute Gasteiger partial charge is 0.153 e. The number of fused-ring (bicyclic) bond motifs is 1. The van der Waals surface area contributed by atoms with Crippen molar-refractivity contribution in [2.24, 2.45) is 0 Å². The number of hydrogen-bond acceptors (Lipinski definition) is 5. The molecule has 2 heterocycles. The first kappa shape index (κ1) is 13.2. The van der Waals surface area contributed by atoms with E-state index in [9.17, 15) is 8.42 Å². The van der Waals surface area contributed by atoms with Crippen LogP contribution in [0.1, 0.15) is 0 Å². The van der Waals surface area contributed by atoms with Crippen LogP contribution in [-0.2, 0) is 9.84 Å². The SMILES string of the molecule is COc1ccc(N2C(=S)SC3CS(=O)(=O)CC32)cc1. The molecule has 3 rings (SSSR count). The highest BCUT2D eigenvalue weighted by atomic mass is 32.2. The number of nitrogens with zero attached hydrogens (tertiary/aromatic N) is 1. The minimum atomic E-state index is -2.93. The highest BCUT2D eigenvalue weighted by Crippen LogP contribution is 2.41. The Morgan fingerprint density at radius 3 is 2.63 bits per heavy atom. The highest BCUT2D eigenvalue weighted by molar-refractivity contribution is 8.24. The monoisotopic (exact) mass is 315 g/mol. The van der Waals surface area contributed by atoms with Gasteiger partial charge < -0.3 is 9.64 Å². The average Bonchev–Trinajstić information content (AvgIpc) is 2.79. The van der Waals surface area contributed by atoms with Gasteiger partial charge in [0.05, 0.1) is 24.7 Å². The van der Waals surface area contributed by atoms with Gasteiger partial charge in [0.25, 0.3) is 0 Å². The number of methoxy groups -OCH3 is 1. The molecule has 2 atom stereocenters. The van der Waals surface area contributed by atoms with E-state index in [1.807, 2.05) is 29.2 Å². The lowest BCUT2D eigenvalue weighted by Crippen LogP contribution is -2.36. The van der Waals surface area contributed by atoms with E-state index in [-0.39, 0.29) is 22.8 Å². The largest absolute Gasteiger partial charge is 0.497 e. The van der Waals surface area contributed by atoms with Crippen LogP contribution in [0.5, 0.6) is 5.75 Å². The highest BCUT2D eigenvalue weighted by Gasteiger charge is 2.48. The quantitative estimate of drug-likeness (QED) is 0.774. The zero-order chi connectivity index (χ0) is 13.6. The van der Waals surface area contributed by atoms with Crippen LogP contribution in [-0.4, -0.2) is 42.6 Å². The summed E-state index contributed by atoms with van der Waals surface area (Å²) in [5, 5.41) is 0.0691. The Morgan fingerprint density at radius 1 is 1.32 bits per heavy atom. The average molecular weight is 315 g/mol. The zero-order valence-electron chi connectivity index (χ0n) is 10.3. The summed E-state index contributed by atoms with van der Waals surface area (Å²) in [6.07, 6.45) is 0. The van der Waals surface area contributed by atoms with Crippen molar-refractivity contribution in [1.29, 1.82) is 0 Å². The fourth-order valence-corrected chi connectivity index (χ4v) is 6.89. The van der Waals surface area contributed by atoms with Crippen LogP contribution in [0, 0.1) is 0 Å². The summed E-state index contributed by atoms with van der Waals surface area (Å²) in [6, 6.07) is 7.52. The Hall–Kier alpha value is -0.790. The maximum atomic E-state index is 11.7. The van der Waals surface area contributed by atoms with E-state index < -0.39 is 9.84 Å². The Labute approximate surface area is 122 Å². The topological polar surface area (TPSA) is 46.6 Å². The van der Waals surface area contributed by atoms with E-state index >= 15 is 0 Å². The van der Waals surface area contributed by atoms with Crippen molar-refractivity contribution >= 4 is 43.8 Å². The third-order valence-corrected chi connectivity index (χ3v) is 7.00. The lowest BCUT2D eigenvalue weighted by molar-refractivity contribution is 0.415. The van der Waals surface area contributed by atoms with Gasteiger partial charge in [-0.15, -0.1) is 0 Å². The normalized spacial score (nSPS) is 28.5. The molecule has 2 fully saturated rings. The molecule has 102 valence electrons. The third-order valence-electron chi connectivity index (χ3n) is 3.40. The number of rotatable bonds is 2. The van der Waals surface area contributed by atoms with Gasteiger partial charge in [0.1, 0.15) is 10.1 Å². The number of thiocarbonyl (C=S) groups is 1. The van der Waals surface area contributed by atoms with E-state index in [0.717, 1.165) is 15.8 Å². The fourth-order valence-electron chi connectivity index (χ4n) is 2.51. The van der Waals surface area contributed by atoms with Crippen LogP contribution in [0.3, 0.4) is 0 Å². The summed E-state index contributed by atoms with van der Waals surface area (Å²) in [4.78, 5) is 1.97. The number of anilines is 1. The van der Waals surface area contributed by atoms with E-state index in [4.69, 9.17) is 17.0 Å². The van der Waals surface area contributed by atoms with Gasteiger partial charge in [-0.1, -0.05) is 24.0 Å². The number of benzene rings is 1. The van der Waals surface area contributed by atoms with Crippen molar-refractivity contribution in [2.45, 2.75) is 11.3 Å². The van der Waals surface area contributed by atoms with Gasteiger partial charge in [0, 0.05) is 10.9 Å². The lowest BCUT2D eigenvalue weighted by atomic mass is 10.2. The Kier molecular flexibility index (Phi) is 3.23. The molecule has 0 aromatic heterocycles. The number of ether oxygens (including phenoxy) is 1. The Bertz CT molecular complexity index is 612. The van der Waals surface area contributed by atoms with Crippen molar-refractivity contribution in [3.8, 4) is 5.75 Å². The standard InChI is InChI=1S/C12H13NO3S3/c1-16-9-4-2-8(3-5-9)13-10-6-19(14,15)7-11(10)18-12(13)17/h2-5,10-11H,6-7H2,1H3. The second-order valence-electron chi connectivity index (χ2n) is 4.63. The van der Waals surface area contributed by atoms with E-state index in [1.165, 1.54) is 11.8 Å². The van der Waals surface area contributed by atoms with Gasteiger partial charge in [-0.2, -0.15) is 0 Å². The summed E-state index contributed by atoms with van der Waals surface area (Å²) in [7, 11) is -1.31. The molecular weight excluding hydrogens is 302 g/mol. The molecular formula is C12H13NO3S3. The molecule has 0 spiro atoms. The predicted octanol–water partition coefficient (Wildman–Crippen LogP) is 1.70. The minimum Gasteiger partial charge on any atom is -0.497 e. The molecule has 0 radical (unpaired) electrons. The molecule has 2 aliphatic heterocycles. The fraction of sp³-hybridized carbons (Fsp3) is 0.417. The molecule has 19 heavy (non-hydrogen) atoms. The maximum absolute atomic E-state index is 11.7. The zero-order valence-corrected chi connectivity index (χ0v) is 12.7. The first-order valence-corrected chi connectivity index (χ1v) is 8.95. The molecule has 2 saturated heterocycles.